The Balaban J connectivity index is 2.56. The van der Waals surface area contributed by atoms with Gasteiger partial charge in [0.25, 0.3) is 0 Å². The Morgan fingerprint density at radius 3 is 1.93 bits per heavy atom. The van der Waals surface area contributed by atoms with Crippen molar-refractivity contribution in [3.63, 3.8) is 0 Å². The lowest BCUT2D eigenvalue weighted by atomic mass is 9.81. The molecular formula is C13H27NS. The quantitative estimate of drug-likeness (QED) is 0.557. The normalized spacial score (nSPS) is 21.6. The van der Waals surface area contributed by atoms with Gasteiger partial charge in [-0.05, 0) is 37.1 Å². The molecule has 1 nitrogen and oxygen atoms in total. The van der Waals surface area contributed by atoms with E-state index in [0.717, 1.165) is 5.75 Å². The van der Waals surface area contributed by atoms with E-state index < -0.39 is 0 Å². The molecule has 0 aromatic carbocycles. The summed E-state index contributed by atoms with van der Waals surface area (Å²) in [5.41, 5.74) is 0.519. The third kappa shape index (κ3) is 3.99. The summed E-state index contributed by atoms with van der Waals surface area (Å²) in [4.78, 5) is 2.57. The Labute approximate surface area is 101 Å². The van der Waals surface area contributed by atoms with E-state index >= 15 is 0 Å². The van der Waals surface area contributed by atoms with Gasteiger partial charge in [0.1, 0.15) is 0 Å². The zero-order chi connectivity index (χ0) is 11.1. The predicted octanol–water partition coefficient (Wildman–Crippen LogP) is 3.60. The minimum Gasteiger partial charge on any atom is -0.303 e. The minimum atomic E-state index is 0.519. The molecule has 90 valence electrons. The van der Waals surface area contributed by atoms with E-state index in [-0.39, 0.29) is 0 Å². The van der Waals surface area contributed by atoms with Crippen molar-refractivity contribution in [2.45, 2.75) is 52.4 Å². The van der Waals surface area contributed by atoms with Crippen LogP contribution >= 0.6 is 12.6 Å². The molecule has 0 aliphatic heterocycles. The van der Waals surface area contributed by atoms with Crippen LogP contribution in [0.4, 0.5) is 0 Å². The second-order valence-corrected chi connectivity index (χ2v) is 5.35. The highest BCUT2D eigenvalue weighted by atomic mass is 32.1. The van der Waals surface area contributed by atoms with Crippen molar-refractivity contribution in [3.05, 3.63) is 0 Å². The first-order valence-corrected chi connectivity index (χ1v) is 7.23. The Kier molecular flexibility index (Phi) is 6.06. The molecule has 0 unspecified atom stereocenters. The fraction of sp³-hybridized carbons (Fsp3) is 1.00. The van der Waals surface area contributed by atoms with Crippen LogP contribution in [0, 0.1) is 5.41 Å². The van der Waals surface area contributed by atoms with Crippen LogP contribution in [0.2, 0.25) is 0 Å². The maximum atomic E-state index is 4.62. The molecule has 0 N–H and O–H groups in total. The van der Waals surface area contributed by atoms with Crippen molar-refractivity contribution in [1.29, 1.82) is 0 Å². The van der Waals surface area contributed by atoms with Crippen molar-refractivity contribution in [2.24, 2.45) is 5.41 Å². The number of thiol groups is 1. The van der Waals surface area contributed by atoms with Crippen molar-refractivity contribution < 1.29 is 0 Å². The molecule has 0 amide bonds. The van der Waals surface area contributed by atoms with Crippen LogP contribution in [0.25, 0.3) is 0 Å². The van der Waals surface area contributed by atoms with Crippen molar-refractivity contribution >= 4 is 12.6 Å². The lowest BCUT2D eigenvalue weighted by molar-refractivity contribution is 0.161. The molecule has 0 aromatic rings. The SMILES string of the molecule is CCN(CC)CC1(CS)CCCCCC1. The maximum absolute atomic E-state index is 4.62. The van der Waals surface area contributed by atoms with Gasteiger partial charge in [-0.1, -0.05) is 39.5 Å². The van der Waals surface area contributed by atoms with Gasteiger partial charge in [0.2, 0.25) is 0 Å². The third-order valence-corrected chi connectivity index (χ3v) is 4.62. The second-order valence-electron chi connectivity index (χ2n) is 5.03. The molecule has 0 atom stereocenters. The maximum Gasteiger partial charge on any atom is 0.00456 e. The lowest BCUT2D eigenvalue weighted by Crippen LogP contribution is -2.38. The highest BCUT2D eigenvalue weighted by Gasteiger charge is 2.30. The summed E-state index contributed by atoms with van der Waals surface area (Å²) >= 11 is 4.62. The Morgan fingerprint density at radius 1 is 1.00 bits per heavy atom. The van der Waals surface area contributed by atoms with E-state index in [0.29, 0.717) is 5.41 Å². The molecule has 0 spiro atoms. The van der Waals surface area contributed by atoms with Crippen molar-refractivity contribution in [3.8, 4) is 0 Å². The van der Waals surface area contributed by atoms with Gasteiger partial charge < -0.3 is 4.90 Å². The molecule has 15 heavy (non-hydrogen) atoms. The fourth-order valence-electron chi connectivity index (χ4n) is 2.77. The van der Waals surface area contributed by atoms with Crippen LogP contribution in [-0.4, -0.2) is 30.3 Å². The summed E-state index contributed by atoms with van der Waals surface area (Å²) in [5.74, 6) is 1.07. The summed E-state index contributed by atoms with van der Waals surface area (Å²) in [6.07, 6.45) is 8.51. The van der Waals surface area contributed by atoms with Gasteiger partial charge in [-0.2, -0.15) is 12.6 Å². The van der Waals surface area contributed by atoms with Gasteiger partial charge in [-0.25, -0.2) is 0 Å². The first-order valence-electron chi connectivity index (χ1n) is 6.59. The molecule has 0 radical (unpaired) electrons. The highest BCUT2D eigenvalue weighted by molar-refractivity contribution is 7.80. The van der Waals surface area contributed by atoms with Crippen molar-refractivity contribution in [2.75, 3.05) is 25.4 Å². The number of rotatable bonds is 5. The molecule has 1 fully saturated rings. The molecule has 1 saturated carbocycles. The van der Waals surface area contributed by atoms with Gasteiger partial charge >= 0.3 is 0 Å². The van der Waals surface area contributed by atoms with Crippen LogP contribution in [0.1, 0.15) is 52.4 Å². The topological polar surface area (TPSA) is 3.24 Å². The average molecular weight is 229 g/mol. The molecule has 0 saturated heterocycles. The standard InChI is InChI=1S/C13H27NS/c1-3-14(4-2)11-13(12-15)9-7-5-6-8-10-13/h15H,3-12H2,1-2H3. The lowest BCUT2D eigenvalue weighted by Gasteiger charge is -2.36. The molecule has 1 aliphatic rings. The van der Waals surface area contributed by atoms with Crippen molar-refractivity contribution in [1.82, 2.24) is 4.90 Å². The fourth-order valence-corrected chi connectivity index (χ4v) is 3.18. The molecule has 0 bridgehead atoms. The molecule has 0 aromatic heterocycles. The van der Waals surface area contributed by atoms with E-state index in [1.807, 2.05) is 0 Å². The van der Waals surface area contributed by atoms with E-state index in [1.165, 1.54) is 58.2 Å². The van der Waals surface area contributed by atoms with Gasteiger partial charge in [-0.15, -0.1) is 0 Å². The predicted molar refractivity (Wildman–Crippen MR) is 71.8 cm³/mol. The van der Waals surface area contributed by atoms with Gasteiger partial charge in [-0.3, -0.25) is 0 Å². The summed E-state index contributed by atoms with van der Waals surface area (Å²) in [7, 11) is 0. The third-order valence-electron chi connectivity index (χ3n) is 3.95. The summed E-state index contributed by atoms with van der Waals surface area (Å²) in [6, 6.07) is 0. The zero-order valence-corrected chi connectivity index (χ0v) is 11.4. The average Bonchev–Trinajstić information content (AvgIpc) is 2.52. The second kappa shape index (κ2) is 6.80. The van der Waals surface area contributed by atoms with Crippen LogP contribution in [0.3, 0.4) is 0 Å². The van der Waals surface area contributed by atoms with E-state index in [1.54, 1.807) is 0 Å². The first-order chi connectivity index (χ1) is 7.26. The Bertz CT molecular complexity index is 158. The molecular weight excluding hydrogens is 202 g/mol. The van der Waals surface area contributed by atoms with E-state index in [4.69, 9.17) is 0 Å². The monoisotopic (exact) mass is 229 g/mol. The number of nitrogens with zero attached hydrogens (tertiary/aromatic N) is 1. The van der Waals surface area contributed by atoms with Gasteiger partial charge in [0.05, 0.1) is 0 Å². The van der Waals surface area contributed by atoms with Gasteiger partial charge in [0.15, 0.2) is 0 Å². The van der Waals surface area contributed by atoms with E-state index in [9.17, 15) is 0 Å². The summed E-state index contributed by atoms with van der Waals surface area (Å²) in [6.45, 7) is 8.18. The number of hydrogen-bond donors (Lipinski definition) is 1. The minimum absolute atomic E-state index is 0.519. The van der Waals surface area contributed by atoms with Crippen LogP contribution in [0.15, 0.2) is 0 Å². The Hall–Kier alpha value is 0.310. The zero-order valence-electron chi connectivity index (χ0n) is 10.5. The van der Waals surface area contributed by atoms with Crippen LogP contribution in [-0.2, 0) is 0 Å². The van der Waals surface area contributed by atoms with E-state index in [2.05, 4.69) is 31.4 Å². The summed E-state index contributed by atoms with van der Waals surface area (Å²) in [5, 5.41) is 0. The first kappa shape index (κ1) is 13.4. The number of hydrogen-bond acceptors (Lipinski definition) is 2. The van der Waals surface area contributed by atoms with Gasteiger partial charge in [0, 0.05) is 6.54 Å². The molecule has 1 aliphatic carbocycles. The molecule has 1 rings (SSSR count). The smallest absolute Gasteiger partial charge is 0.00456 e. The van der Waals surface area contributed by atoms with Crippen LogP contribution in [0.5, 0.6) is 0 Å². The van der Waals surface area contributed by atoms with Crippen LogP contribution < -0.4 is 0 Å². The molecule has 2 heteroatoms. The molecule has 0 heterocycles. The largest absolute Gasteiger partial charge is 0.303 e. The highest BCUT2D eigenvalue weighted by Crippen LogP contribution is 2.36. The Morgan fingerprint density at radius 2 is 1.53 bits per heavy atom. The summed E-state index contributed by atoms with van der Waals surface area (Å²) < 4.78 is 0.